The minimum atomic E-state index is -0.300. The van der Waals surface area contributed by atoms with E-state index < -0.39 is 0 Å². The summed E-state index contributed by atoms with van der Waals surface area (Å²) in [5.41, 5.74) is 2.32. The average molecular weight is 246 g/mol. The summed E-state index contributed by atoms with van der Waals surface area (Å²) in [6.07, 6.45) is 0.992. The quantitative estimate of drug-likeness (QED) is 0.861. The number of benzene rings is 1. The van der Waals surface area contributed by atoms with Gasteiger partial charge in [0.05, 0.1) is 0 Å². The molecule has 1 aromatic rings. The van der Waals surface area contributed by atoms with E-state index in [0.29, 0.717) is 5.92 Å². The minimum absolute atomic E-state index is 0.127. The molecule has 1 amide bonds. The fourth-order valence-electron chi connectivity index (χ4n) is 2.24. The number of hydrogen-bond acceptors (Lipinski definition) is 2. The summed E-state index contributed by atoms with van der Waals surface area (Å²) in [7, 11) is 0. The topological polar surface area (TPSA) is 41.1 Å². The molecule has 18 heavy (non-hydrogen) atoms. The number of nitrogens with one attached hydrogen (secondary N) is 2. The molecule has 0 aliphatic carbocycles. The standard InChI is InChI=1S/C15H22N2O/c1-15(2,3)14(18)16-9-8-11-10-17-13-7-5-4-6-12(11)13/h4-7,11,17H,8-10H2,1-3H3,(H,16,18). The van der Waals surface area contributed by atoms with Crippen LogP contribution in [0.1, 0.15) is 38.7 Å². The highest BCUT2D eigenvalue weighted by Crippen LogP contribution is 2.32. The predicted molar refractivity (Wildman–Crippen MR) is 74.8 cm³/mol. The summed E-state index contributed by atoms with van der Waals surface area (Å²) in [5.74, 6) is 0.642. The van der Waals surface area contributed by atoms with Crippen molar-refractivity contribution in [2.45, 2.75) is 33.1 Å². The van der Waals surface area contributed by atoms with E-state index in [1.165, 1.54) is 11.3 Å². The Bertz CT molecular complexity index is 434. The van der Waals surface area contributed by atoms with Gasteiger partial charge in [-0.05, 0) is 18.1 Å². The molecule has 3 heteroatoms. The van der Waals surface area contributed by atoms with Crippen LogP contribution < -0.4 is 10.6 Å². The molecule has 0 fully saturated rings. The van der Waals surface area contributed by atoms with Crippen molar-refractivity contribution in [3.63, 3.8) is 0 Å². The van der Waals surface area contributed by atoms with E-state index in [1.54, 1.807) is 0 Å². The van der Waals surface area contributed by atoms with E-state index in [2.05, 4.69) is 34.9 Å². The Morgan fingerprint density at radius 2 is 2.11 bits per heavy atom. The lowest BCUT2D eigenvalue weighted by Gasteiger charge is -2.18. The molecule has 0 spiro atoms. The number of hydrogen-bond donors (Lipinski definition) is 2. The molecule has 3 nitrogen and oxygen atoms in total. The highest BCUT2D eigenvalue weighted by Gasteiger charge is 2.23. The molecule has 2 N–H and O–H groups in total. The number of fused-ring (bicyclic) bond motifs is 1. The zero-order valence-electron chi connectivity index (χ0n) is 11.4. The third-order valence-corrected chi connectivity index (χ3v) is 3.40. The van der Waals surface area contributed by atoms with Gasteiger partial charge < -0.3 is 10.6 Å². The highest BCUT2D eigenvalue weighted by atomic mass is 16.2. The number of carbonyl (C=O) groups excluding carboxylic acids is 1. The van der Waals surface area contributed by atoms with Gasteiger partial charge in [0.2, 0.25) is 5.91 Å². The van der Waals surface area contributed by atoms with Crippen LogP contribution in [0.3, 0.4) is 0 Å². The van der Waals surface area contributed by atoms with Crippen molar-refractivity contribution in [3.8, 4) is 0 Å². The second kappa shape index (κ2) is 5.01. The van der Waals surface area contributed by atoms with Crippen molar-refractivity contribution in [3.05, 3.63) is 29.8 Å². The van der Waals surface area contributed by atoms with Gasteiger partial charge in [0, 0.05) is 30.1 Å². The van der Waals surface area contributed by atoms with Gasteiger partial charge >= 0.3 is 0 Å². The molecule has 1 aromatic carbocycles. The molecule has 98 valence electrons. The number of para-hydroxylation sites is 1. The summed E-state index contributed by atoms with van der Waals surface area (Å²) in [6, 6.07) is 8.41. The molecule has 1 aliphatic heterocycles. The number of amides is 1. The Balaban J connectivity index is 1.85. The maximum atomic E-state index is 11.8. The molecule has 1 aliphatic rings. The maximum Gasteiger partial charge on any atom is 0.225 e. The summed E-state index contributed by atoms with van der Waals surface area (Å²) in [4.78, 5) is 11.8. The lowest BCUT2D eigenvalue weighted by atomic mass is 9.95. The smallest absolute Gasteiger partial charge is 0.225 e. The van der Waals surface area contributed by atoms with Gasteiger partial charge in [-0.25, -0.2) is 0 Å². The summed E-state index contributed by atoms with van der Waals surface area (Å²) in [5, 5.41) is 6.42. The van der Waals surface area contributed by atoms with E-state index in [4.69, 9.17) is 0 Å². The molecule has 1 unspecified atom stereocenters. The molecular formula is C15H22N2O. The van der Waals surface area contributed by atoms with Crippen LogP contribution in [-0.4, -0.2) is 19.0 Å². The Morgan fingerprint density at radius 3 is 2.83 bits per heavy atom. The van der Waals surface area contributed by atoms with E-state index in [9.17, 15) is 4.79 Å². The monoisotopic (exact) mass is 246 g/mol. The number of rotatable bonds is 3. The Labute approximate surface area is 109 Å². The lowest BCUT2D eigenvalue weighted by molar-refractivity contribution is -0.128. The van der Waals surface area contributed by atoms with Crippen molar-refractivity contribution in [1.29, 1.82) is 0 Å². The van der Waals surface area contributed by atoms with Crippen molar-refractivity contribution in [1.82, 2.24) is 5.32 Å². The Hall–Kier alpha value is -1.51. The normalized spacial score (nSPS) is 18.1. The summed E-state index contributed by atoms with van der Waals surface area (Å²) >= 11 is 0. The second-order valence-electron chi connectivity index (χ2n) is 5.96. The molecule has 0 saturated heterocycles. The molecule has 2 rings (SSSR count). The average Bonchev–Trinajstić information content (AvgIpc) is 2.71. The van der Waals surface area contributed by atoms with E-state index in [0.717, 1.165) is 19.5 Å². The first-order valence-corrected chi connectivity index (χ1v) is 6.59. The largest absolute Gasteiger partial charge is 0.384 e. The molecule has 0 bridgehead atoms. The third-order valence-electron chi connectivity index (χ3n) is 3.40. The van der Waals surface area contributed by atoms with Gasteiger partial charge in [-0.1, -0.05) is 39.0 Å². The zero-order valence-corrected chi connectivity index (χ0v) is 11.4. The third kappa shape index (κ3) is 2.84. The molecular weight excluding hydrogens is 224 g/mol. The van der Waals surface area contributed by atoms with Crippen LogP contribution in [0.4, 0.5) is 5.69 Å². The molecule has 0 radical (unpaired) electrons. The zero-order chi connectivity index (χ0) is 13.2. The van der Waals surface area contributed by atoms with E-state index in [1.807, 2.05) is 20.8 Å². The first-order chi connectivity index (χ1) is 8.48. The van der Waals surface area contributed by atoms with Gasteiger partial charge in [-0.2, -0.15) is 0 Å². The van der Waals surface area contributed by atoms with Crippen molar-refractivity contribution >= 4 is 11.6 Å². The summed E-state index contributed by atoms with van der Waals surface area (Å²) in [6.45, 7) is 7.54. The highest BCUT2D eigenvalue weighted by molar-refractivity contribution is 5.81. The van der Waals surface area contributed by atoms with Crippen molar-refractivity contribution in [2.75, 3.05) is 18.4 Å². The molecule has 0 aromatic heterocycles. The Kier molecular flexibility index (Phi) is 3.60. The molecule has 0 saturated carbocycles. The summed E-state index contributed by atoms with van der Waals surface area (Å²) < 4.78 is 0. The fourth-order valence-corrected chi connectivity index (χ4v) is 2.24. The van der Waals surface area contributed by atoms with Crippen LogP contribution >= 0.6 is 0 Å². The number of carbonyl (C=O) groups is 1. The van der Waals surface area contributed by atoms with E-state index >= 15 is 0 Å². The van der Waals surface area contributed by atoms with Crippen LogP contribution in [0.15, 0.2) is 24.3 Å². The van der Waals surface area contributed by atoms with Crippen molar-refractivity contribution in [2.24, 2.45) is 5.41 Å². The van der Waals surface area contributed by atoms with Gasteiger partial charge in [0.25, 0.3) is 0 Å². The minimum Gasteiger partial charge on any atom is -0.384 e. The SMILES string of the molecule is CC(C)(C)C(=O)NCCC1CNc2ccccc21. The van der Waals surface area contributed by atoms with Crippen LogP contribution in [0.2, 0.25) is 0 Å². The van der Waals surface area contributed by atoms with Crippen LogP contribution in [0.5, 0.6) is 0 Å². The maximum absolute atomic E-state index is 11.8. The number of anilines is 1. The van der Waals surface area contributed by atoms with Crippen LogP contribution in [0, 0.1) is 5.41 Å². The van der Waals surface area contributed by atoms with E-state index in [-0.39, 0.29) is 11.3 Å². The van der Waals surface area contributed by atoms with Gasteiger partial charge in [0.1, 0.15) is 0 Å². The van der Waals surface area contributed by atoms with Gasteiger partial charge in [-0.3, -0.25) is 4.79 Å². The lowest BCUT2D eigenvalue weighted by Crippen LogP contribution is -2.35. The second-order valence-corrected chi connectivity index (χ2v) is 5.96. The fraction of sp³-hybridized carbons (Fsp3) is 0.533. The molecule has 1 heterocycles. The van der Waals surface area contributed by atoms with Gasteiger partial charge in [0.15, 0.2) is 0 Å². The molecule has 1 atom stereocenters. The van der Waals surface area contributed by atoms with Crippen molar-refractivity contribution < 1.29 is 4.79 Å². The van der Waals surface area contributed by atoms with Crippen LogP contribution in [-0.2, 0) is 4.79 Å². The van der Waals surface area contributed by atoms with Gasteiger partial charge in [-0.15, -0.1) is 0 Å². The Morgan fingerprint density at radius 1 is 1.39 bits per heavy atom. The predicted octanol–water partition coefficient (Wildman–Crippen LogP) is 2.75. The first kappa shape index (κ1) is 12.9. The first-order valence-electron chi connectivity index (χ1n) is 6.59. The van der Waals surface area contributed by atoms with Crippen LogP contribution in [0.25, 0.3) is 0 Å².